The van der Waals surface area contributed by atoms with Crippen molar-refractivity contribution < 1.29 is 13.2 Å². The molecule has 18 heavy (non-hydrogen) atoms. The van der Waals surface area contributed by atoms with Crippen molar-refractivity contribution in [3.8, 4) is 0 Å². The lowest BCUT2D eigenvalue weighted by molar-refractivity contribution is -0.0899. The molecule has 0 saturated carbocycles. The Balaban J connectivity index is 2.23. The first kappa shape index (κ1) is 14.3. The van der Waals surface area contributed by atoms with E-state index in [-0.39, 0.29) is 17.7 Å². The van der Waals surface area contributed by atoms with Crippen LogP contribution in [0.3, 0.4) is 0 Å². The summed E-state index contributed by atoms with van der Waals surface area (Å²) in [4.78, 5) is 0. The van der Waals surface area contributed by atoms with Crippen LogP contribution in [-0.4, -0.2) is 34.7 Å². The summed E-state index contributed by atoms with van der Waals surface area (Å²) in [7, 11) is 0. The smallest absolute Gasteiger partial charge is 0.324 e. The SMILES string of the molecule is NC1C=C(C2CSCCCS2)C(C(F)(F)F)=CC1. The van der Waals surface area contributed by atoms with E-state index >= 15 is 0 Å². The molecule has 2 atom stereocenters. The molecule has 0 aromatic rings. The number of nitrogens with two attached hydrogens (primary N) is 1. The third-order valence-electron chi connectivity index (χ3n) is 2.97. The molecule has 0 amide bonds. The highest BCUT2D eigenvalue weighted by Gasteiger charge is 2.39. The quantitative estimate of drug-likeness (QED) is 0.803. The maximum absolute atomic E-state index is 13.0. The molecule has 1 heterocycles. The van der Waals surface area contributed by atoms with Gasteiger partial charge in [-0.1, -0.05) is 12.2 Å². The molecule has 1 nitrogen and oxygen atoms in total. The monoisotopic (exact) mass is 295 g/mol. The first-order chi connectivity index (χ1) is 8.48. The summed E-state index contributed by atoms with van der Waals surface area (Å²) in [6.45, 7) is 0. The zero-order valence-electron chi connectivity index (χ0n) is 9.87. The summed E-state index contributed by atoms with van der Waals surface area (Å²) in [6, 6.07) is -0.278. The fourth-order valence-electron chi connectivity index (χ4n) is 2.13. The van der Waals surface area contributed by atoms with Crippen molar-refractivity contribution in [2.45, 2.75) is 30.3 Å². The summed E-state index contributed by atoms with van der Waals surface area (Å²) in [5.41, 5.74) is 5.71. The molecule has 2 aliphatic rings. The maximum atomic E-state index is 13.0. The van der Waals surface area contributed by atoms with E-state index < -0.39 is 11.7 Å². The number of hydrogen-bond acceptors (Lipinski definition) is 3. The van der Waals surface area contributed by atoms with Gasteiger partial charge in [-0.2, -0.15) is 36.7 Å². The van der Waals surface area contributed by atoms with Crippen LogP contribution in [0.25, 0.3) is 0 Å². The van der Waals surface area contributed by atoms with Crippen LogP contribution in [0.4, 0.5) is 13.2 Å². The van der Waals surface area contributed by atoms with Crippen molar-refractivity contribution in [1.29, 1.82) is 0 Å². The van der Waals surface area contributed by atoms with Gasteiger partial charge in [-0.25, -0.2) is 0 Å². The van der Waals surface area contributed by atoms with Gasteiger partial charge in [-0.3, -0.25) is 0 Å². The summed E-state index contributed by atoms with van der Waals surface area (Å²) in [5.74, 6) is 2.71. The van der Waals surface area contributed by atoms with E-state index in [0.29, 0.717) is 5.57 Å². The van der Waals surface area contributed by atoms with Crippen LogP contribution in [0.2, 0.25) is 0 Å². The van der Waals surface area contributed by atoms with Gasteiger partial charge in [-0.15, -0.1) is 0 Å². The van der Waals surface area contributed by atoms with E-state index in [1.54, 1.807) is 29.6 Å². The minimum atomic E-state index is -4.26. The Labute approximate surface area is 113 Å². The lowest BCUT2D eigenvalue weighted by Gasteiger charge is -2.26. The van der Waals surface area contributed by atoms with E-state index in [9.17, 15) is 13.2 Å². The summed E-state index contributed by atoms with van der Waals surface area (Å²) >= 11 is 3.36. The first-order valence-electron chi connectivity index (χ1n) is 5.93. The third kappa shape index (κ3) is 3.48. The Morgan fingerprint density at radius 2 is 2.06 bits per heavy atom. The second kappa shape index (κ2) is 5.92. The Morgan fingerprint density at radius 1 is 1.28 bits per heavy atom. The molecule has 0 aromatic heterocycles. The molecule has 0 radical (unpaired) electrons. The van der Waals surface area contributed by atoms with E-state index in [1.807, 2.05) is 0 Å². The molecular weight excluding hydrogens is 279 g/mol. The molecule has 1 fully saturated rings. The molecule has 2 unspecified atom stereocenters. The Bertz CT molecular complexity index is 355. The summed E-state index contributed by atoms with van der Waals surface area (Å²) in [5, 5.41) is -0.0725. The van der Waals surface area contributed by atoms with Crippen LogP contribution in [0.5, 0.6) is 0 Å². The first-order valence-corrected chi connectivity index (χ1v) is 8.13. The Hall–Kier alpha value is -0.0700. The lowest BCUT2D eigenvalue weighted by atomic mass is 9.93. The number of alkyl halides is 3. The van der Waals surface area contributed by atoms with Gasteiger partial charge in [0.25, 0.3) is 0 Å². The van der Waals surface area contributed by atoms with Gasteiger partial charge in [0.2, 0.25) is 0 Å². The van der Waals surface area contributed by atoms with Crippen LogP contribution >= 0.6 is 23.5 Å². The highest BCUT2D eigenvalue weighted by atomic mass is 32.2. The van der Waals surface area contributed by atoms with Gasteiger partial charge in [0.1, 0.15) is 0 Å². The van der Waals surface area contributed by atoms with Crippen molar-refractivity contribution in [3.63, 3.8) is 0 Å². The van der Waals surface area contributed by atoms with E-state index in [4.69, 9.17) is 5.73 Å². The highest BCUT2D eigenvalue weighted by Crippen LogP contribution is 2.40. The van der Waals surface area contributed by atoms with E-state index in [1.165, 1.54) is 6.08 Å². The van der Waals surface area contributed by atoms with Crippen LogP contribution in [0.15, 0.2) is 23.3 Å². The topological polar surface area (TPSA) is 26.0 Å². The van der Waals surface area contributed by atoms with Crippen LogP contribution in [0, 0.1) is 0 Å². The predicted molar refractivity (Wildman–Crippen MR) is 73.0 cm³/mol. The Morgan fingerprint density at radius 3 is 2.78 bits per heavy atom. The molecule has 1 aliphatic heterocycles. The second-order valence-electron chi connectivity index (χ2n) is 4.43. The van der Waals surface area contributed by atoms with E-state index in [2.05, 4.69) is 0 Å². The normalized spacial score (nSPS) is 30.4. The fourth-order valence-corrected chi connectivity index (χ4v) is 4.87. The number of halogens is 3. The zero-order valence-corrected chi connectivity index (χ0v) is 11.5. The van der Waals surface area contributed by atoms with Gasteiger partial charge in [0.05, 0.1) is 5.57 Å². The molecule has 1 aliphatic carbocycles. The van der Waals surface area contributed by atoms with Crippen molar-refractivity contribution >= 4 is 23.5 Å². The molecule has 0 aromatic carbocycles. The molecule has 0 spiro atoms. The average Bonchev–Trinajstić information content (AvgIpc) is 2.55. The molecular formula is C12H16F3NS2. The summed E-state index contributed by atoms with van der Waals surface area (Å²) in [6.07, 6.45) is -0.0366. The van der Waals surface area contributed by atoms with Gasteiger partial charge in [-0.05, 0) is 29.9 Å². The average molecular weight is 295 g/mol. The van der Waals surface area contributed by atoms with Gasteiger partial charge >= 0.3 is 6.18 Å². The molecule has 6 heteroatoms. The van der Waals surface area contributed by atoms with Crippen LogP contribution in [0.1, 0.15) is 12.8 Å². The van der Waals surface area contributed by atoms with Gasteiger partial charge in [0.15, 0.2) is 0 Å². The van der Waals surface area contributed by atoms with E-state index in [0.717, 1.165) is 23.7 Å². The van der Waals surface area contributed by atoms with Crippen molar-refractivity contribution in [1.82, 2.24) is 0 Å². The standard InChI is InChI=1S/C12H16F3NS2/c13-12(14,15)10-3-2-8(16)6-9(10)11-7-17-4-1-5-18-11/h3,6,8,11H,1-2,4-5,7,16H2. The largest absolute Gasteiger partial charge is 0.416 e. The molecule has 2 N–H and O–H groups in total. The molecule has 0 bridgehead atoms. The second-order valence-corrected chi connectivity index (χ2v) is 6.89. The van der Waals surface area contributed by atoms with Crippen LogP contribution < -0.4 is 5.73 Å². The van der Waals surface area contributed by atoms with Gasteiger partial charge in [0, 0.05) is 17.0 Å². The Kier molecular flexibility index (Phi) is 4.72. The summed E-state index contributed by atoms with van der Waals surface area (Å²) < 4.78 is 39.0. The van der Waals surface area contributed by atoms with Crippen molar-refractivity contribution in [2.24, 2.45) is 5.73 Å². The minimum absolute atomic E-state index is 0.0725. The van der Waals surface area contributed by atoms with Crippen LogP contribution in [-0.2, 0) is 0 Å². The minimum Gasteiger partial charge on any atom is -0.324 e. The fraction of sp³-hybridized carbons (Fsp3) is 0.667. The molecule has 2 rings (SSSR count). The molecule has 1 saturated heterocycles. The zero-order chi connectivity index (χ0) is 13.2. The third-order valence-corrected chi connectivity index (χ3v) is 5.68. The van der Waals surface area contributed by atoms with Crippen molar-refractivity contribution in [2.75, 3.05) is 17.3 Å². The predicted octanol–water partition coefficient (Wildman–Crippen LogP) is 3.37. The lowest BCUT2D eigenvalue weighted by Crippen LogP contribution is -2.29. The number of allylic oxidation sites excluding steroid dienone is 1. The maximum Gasteiger partial charge on any atom is 0.416 e. The van der Waals surface area contributed by atoms with Gasteiger partial charge < -0.3 is 5.73 Å². The van der Waals surface area contributed by atoms with Crippen molar-refractivity contribution in [3.05, 3.63) is 23.3 Å². The molecule has 102 valence electrons. The number of hydrogen-bond donors (Lipinski definition) is 1. The number of rotatable bonds is 1. The highest BCUT2D eigenvalue weighted by molar-refractivity contribution is 8.04. The number of thioether (sulfide) groups is 2.